The van der Waals surface area contributed by atoms with Crippen molar-refractivity contribution in [3.8, 4) is 39.1 Å². The predicted octanol–water partition coefficient (Wildman–Crippen LogP) is 23.0. The first-order chi connectivity index (χ1) is 50.7. The maximum Gasteiger partial charge on any atom is 0.252 e. The van der Waals surface area contributed by atoms with Crippen molar-refractivity contribution in [1.82, 2.24) is 8.97 Å². The number of anilines is 6. The normalized spacial score (nSPS) is 14.1. The zero-order chi connectivity index (χ0) is 72.0. The molecule has 0 aliphatic carbocycles. The molecule has 0 N–H and O–H groups in total. The smallest absolute Gasteiger partial charge is 0.252 e. The third kappa shape index (κ3) is 8.77. The lowest BCUT2D eigenvalue weighted by atomic mass is 9.33. The Morgan fingerprint density at radius 1 is 0.309 bits per heavy atom. The van der Waals surface area contributed by atoms with Gasteiger partial charge in [0.1, 0.15) is 0 Å². The maximum absolute atomic E-state index is 9.74. The van der Waals surface area contributed by atoms with Gasteiger partial charge in [0.05, 0.1) is 44.2 Å². The standard InChI is InChI=1S/C92H69BN4/c1-91(2,3)64-52-63(53-65(55-64)92(4,5)6)62-44-50-78-83(54-62)96(67-47-42-61(43-48-67)59-26-11-8-12-27-59)90-87-77-36-23-35-76-72-31-16-14-29-70(72)69-28-13-15-30-71(69)73-32-17-22-39-82(73)97(89(76)77)85(87)57-86-88(90)93(78)79-51-49-68(95-80-37-20-18-33-74(80)75-34-19-21-38-81(75)95)56-84(79)94(86)66-45-40-60(41-46-66)58-24-9-7-10-25-58/h7-57H,1-6H3/i18D,19D,20D,21D,33D,34D,37D,38D. The molecule has 0 unspecified atom stereocenters. The predicted molar refractivity (Wildman–Crippen MR) is 416 cm³/mol. The van der Waals surface area contributed by atoms with E-state index in [2.05, 4.69) is 304 Å². The Kier molecular flexibility index (Phi) is 10.8. The van der Waals surface area contributed by atoms with Crippen LogP contribution in [-0.4, -0.2) is 15.7 Å². The largest absolute Gasteiger partial charge is 0.311 e. The van der Waals surface area contributed by atoms with Crippen LogP contribution in [0.2, 0.25) is 0 Å². The minimum absolute atomic E-state index is 0.0182. The van der Waals surface area contributed by atoms with Crippen molar-refractivity contribution < 1.29 is 11.0 Å². The van der Waals surface area contributed by atoms with Crippen LogP contribution in [0.1, 0.15) is 63.6 Å². The summed E-state index contributed by atoms with van der Waals surface area (Å²) in [6, 6.07) is 91.3. The molecule has 0 saturated carbocycles. The van der Waals surface area contributed by atoms with Crippen molar-refractivity contribution in [3.05, 3.63) is 320 Å². The number of fused-ring (bicyclic) bond motifs is 18. The highest BCUT2D eigenvalue weighted by molar-refractivity contribution is 7.00. The third-order valence-electron chi connectivity index (χ3n) is 20.6. The number of nitrogens with zero attached hydrogens (tertiary/aromatic N) is 4. The highest BCUT2D eigenvalue weighted by Gasteiger charge is 2.46. The number of hydrogen-bond donors (Lipinski definition) is 0. The minimum atomic E-state index is -0.493. The fraction of sp³-hybridized carbons (Fsp3) is 0.0870. The van der Waals surface area contributed by atoms with Crippen molar-refractivity contribution >= 4 is 139 Å². The van der Waals surface area contributed by atoms with Crippen LogP contribution in [-0.2, 0) is 10.8 Å². The quantitative estimate of drug-likeness (QED) is 0.154. The van der Waals surface area contributed by atoms with Crippen molar-refractivity contribution in [2.75, 3.05) is 9.80 Å². The van der Waals surface area contributed by atoms with Crippen LogP contribution < -0.4 is 26.2 Å². The molecule has 0 bridgehead atoms. The van der Waals surface area contributed by atoms with E-state index in [9.17, 15) is 8.22 Å². The van der Waals surface area contributed by atoms with E-state index >= 15 is 0 Å². The van der Waals surface area contributed by atoms with Gasteiger partial charge >= 0.3 is 0 Å². The van der Waals surface area contributed by atoms with Gasteiger partial charge in [-0.05, 0) is 160 Å². The monoisotopic (exact) mass is 1250 g/mol. The van der Waals surface area contributed by atoms with Crippen molar-refractivity contribution in [2.45, 2.75) is 52.4 Å². The van der Waals surface area contributed by atoms with Crippen LogP contribution in [0.3, 0.4) is 0 Å². The zero-order valence-corrected chi connectivity index (χ0v) is 54.7. The van der Waals surface area contributed by atoms with Crippen LogP contribution in [0.5, 0.6) is 0 Å². The van der Waals surface area contributed by atoms with Gasteiger partial charge in [0, 0.05) is 66.4 Å². The van der Waals surface area contributed by atoms with Crippen LogP contribution in [0.25, 0.3) is 121 Å². The molecule has 0 spiro atoms. The van der Waals surface area contributed by atoms with Crippen LogP contribution >= 0.6 is 0 Å². The molecular formula is C92H69BN4. The average molecular weight is 1250 g/mol. The molecule has 2 aliphatic heterocycles. The lowest BCUT2D eigenvalue weighted by Gasteiger charge is -2.45. The average Bonchev–Trinajstić information content (AvgIpc) is 1.64. The Morgan fingerprint density at radius 3 is 1.35 bits per heavy atom. The van der Waals surface area contributed by atoms with Crippen LogP contribution in [0.4, 0.5) is 34.1 Å². The van der Waals surface area contributed by atoms with E-state index < -0.39 is 30.9 Å². The number of hydrogen-bond acceptors (Lipinski definition) is 2. The Balaban J connectivity index is 1.02. The Labute approximate surface area is 577 Å². The number of aromatic nitrogens is 2. The van der Waals surface area contributed by atoms with Gasteiger partial charge in [0.2, 0.25) is 0 Å². The third-order valence-corrected chi connectivity index (χ3v) is 20.6. The fourth-order valence-electron chi connectivity index (χ4n) is 15.9. The van der Waals surface area contributed by atoms with Crippen LogP contribution in [0, 0.1) is 0 Å². The van der Waals surface area contributed by atoms with E-state index in [1.54, 1.807) is 4.57 Å². The number of benzene rings is 14. The molecule has 0 saturated heterocycles. The molecule has 0 radical (unpaired) electrons. The highest BCUT2D eigenvalue weighted by atomic mass is 15.2. The van der Waals surface area contributed by atoms with Gasteiger partial charge < -0.3 is 18.8 Å². The summed E-state index contributed by atoms with van der Waals surface area (Å²) in [4.78, 5) is 4.91. The van der Waals surface area contributed by atoms with Gasteiger partial charge in [-0.15, -0.1) is 0 Å². The lowest BCUT2D eigenvalue weighted by Crippen LogP contribution is -2.61. The molecular weight excluding hydrogens is 1170 g/mol. The molecule has 17 aromatic rings. The van der Waals surface area contributed by atoms with Gasteiger partial charge in [-0.25, -0.2) is 0 Å². The summed E-state index contributed by atoms with van der Waals surface area (Å²) in [6.45, 7) is 13.3. The van der Waals surface area contributed by atoms with Gasteiger partial charge in [-0.3, -0.25) is 0 Å². The Hall–Kier alpha value is -11.7. The second-order valence-electron chi connectivity index (χ2n) is 28.2. The first-order valence-corrected chi connectivity index (χ1v) is 33.5. The molecule has 5 heteroatoms. The zero-order valence-electron chi connectivity index (χ0n) is 62.7. The SMILES string of the molecule is [2H]c1c([2H])c([2H])c2c(c1[2H])c1c([2H])c([2H])c([2H])c([2H])c1n2-c1ccc2c(c1)N(c1ccc(-c3ccccc3)cc1)c1cc3c(c4c1B2c1ccc(-c2cc(C(C)(C)C)cc(C(C)(C)C)c2)cc1N4c1ccc(-c2ccccc2)cc1)c1cccc2c4ccccc4c4ccccc4c4ccccc4n3c21. The van der Waals surface area contributed by atoms with E-state index in [0.29, 0.717) is 5.69 Å². The fourth-order valence-corrected chi connectivity index (χ4v) is 15.9. The molecule has 0 fully saturated rings. The molecule has 2 aliphatic rings. The molecule has 0 amide bonds. The Morgan fingerprint density at radius 2 is 0.763 bits per heavy atom. The molecule has 14 aromatic carbocycles. The second-order valence-corrected chi connectivity index (χ2v) is 28.2. The van der Waals surface area contributed by atoms with Crippen molar-refractivity contribution in [3.63, 3.8) is 0 Å². The number of rotatable bonds is 6. The lowest BCUT2D eigenvalue weighted by molar-refractivity contribution is 0.569. The molecule has 3 aromatic heterocycles. The minimum Gasteiger partial charge on any atom is -0.311 e. The summed E-state index contributed by atoms with van der Waals surface area (Å²) in [5.74, 6) is 0. The van der Waals surface area contributed by atoms with Crippen molar-refractivity contribution in [1.29, 1.82) is 0 Å². The van der Waals surface area contributed by atoms with Gasteiger partial charge in [-0.1, -0.05) is 284 Å². The van der Waals surface area contributed by atoms with Gasteiger partial charge in [-0.2, -0.15) is 0 Å². The van der Waals surface area contributed by atoms with Crippen molar-refractivity contribution in [2.24, 2.45) is 0 Å². The molecule has 97 heavy (non-hydrogen) atoms. The summed E-state index contributed by atoms with van der Waals surface area (Å²) in [5.41, 5.74) is 20.8. The number of para-hydroxylation sites is 4. The first kappa shape index (κ1) is 49.0. The summed E-state index contributed by atoms with van der Waals surface area (Å²) in [5, 5.41) is 8.82. The molecule has 460 valence electrons. The summed E-state index contributed by atoms with van der Waals surface area (Å²) in [6.07, 6.45) is 0. The van der Waals surface area contributed by atoms with E-state index in [0.717, 1.165) is 144 Å². The Bertz CT molecular complexity index is 6540. The molecule has 19 rings (SSSR count). The summed E-state index contributed by atoms with van der Waals surface area (Å²) < 4.78 is 79.0. The molecule has 4 nitrogen and oxygen atoms in total. The van der Waals surface area contributed by atoms with E-state index in [1.807, 2.05) is 12.1 Å². The highest BCUT2D eigenvalue weighted by Crippen LogP contribution is 2.52. The maximum atomic E-state index is 9.74. The van der Waals surface area contributed by atoms with Gasteiger partial charge in [0.25, 0.3) is 6.71 Å². The second kappa shape index (κ2) is 21.4. The molecule has 5 heterocycles. The first-order valence-electron chi connectivity index (χ1n) is 37.5. The molecule has 0 atom stereocenters. The topological polar surface area (TPSA) is 15.8 Å². The van der Waals surface area contributed by atoms with E-state index in [1.165, 1.54) is 11.1 Å². The van der Waals surface area contributed by atoms with Gasteiger partial charge in [0.15, 0.2) is 0 Å². The summed E-state index contributed by atoms with van der Waals surface area (Å²) in [7, 11) is 0. The van der Waals surface area contributed by atoms with Crippen LogP contribution in [0.15, 0.2) is 309 Å². The van der Waals surface area contributed by atoms with E-state index in [4.69, 9.17) is 2.74 Å². The summed E-state index contributed by atoms with van der Waals surface area (Å²) >= 11 is 0. The van der Waals surface area contributed by atoms with E-state index in [-0.39, 0.29) is 56.8 Å².